The zero-order valence-corrected chi connectivity index (χ0v) is 12.4. The zero-order valence-electron chi connectivity index (χ0n) is 12.4. The molecule has 0 amide bonds. The van der Waals surface area contributed by atoms with Crippen LogP contribution in [0.3, 0.4) is 0 Å². The lowest BCUT2D eigenvalue weighted by molar-refractivity contribution is 0.128. The number of rotatable bonds is 4. The fraction of sp³-hybridized carbons (Fsp3) is 0.333. The first kappa shape index (κ1) is 14.7. The highest BCUT2D eigenvalue weighted by molar-refractivity contribution is 5.84. The maximum Gasteiger partial charge on any atom is 0.143 e. The van der Waals surface area contributed by atoms with E-state index in [0.29, 0.717) is 12.5 Å². The van der Waals surface area contributed by atoms with Gasteiger partial charge in [-0.15, -0.1) is 0 Å². The Morgan fingerprint density at radius 1 is 1.14 bits per heavy atom. The van der Waals surface area contributed by atoms with Crippen molar-refractivity contribution in [3.63, 3.8) is 0 Å². The molecule has 4 heteroatoms. The summed E-state index contributed by atoms with van der Waals surface area (Å²) in [5.74, 6) is 0.323. The second kappa shape index (κ2) is 7.16. The molecule has 22 heavy (non-hydrogen) atoms. The third-order valence-corrected chi connectivity index (χ3v) is 4.05. The Kier molecular flexibility index (Phi) is 4.78. The SMILES string of the molecule is Fc1ccc(C2CCC(=NOCc3cccnc3)CC2)cc1. The molecule has 1 fully saturated rings. The number of hydrogen-bond donors (Lipinski definition) is 0. The van der Waals surface area contributed by atoms with Gasteiger partial charge in [-0.05, 0) is 55.4 Å². The second-order valence-corrected chi connectivity index (χ2v) is 5.62. The van der Waals surface area contributed by atoms with Crippen LogP contribution in [0.1, 0.15) is 42.7 Å². The molecule has 0 aliphatic heterocycles. The summed E-state index contributed by atoms with van der Waals surface area (Å²) in [6.07, 6.45) is 7.49. The predicted molar refractivity (Wildman–Crippen MR) is 84.1 cm³/mol. The van der Waals surface area contributed by atoms with Crippen molar-refractivity contribution in [2.75, 3.05) is 0 Å². The molecule has 0 spiro atoms. The Morgan fingerprint density at radius 3 is 2.59 bits per heavy atom. The van der Waals surface area contributed by atoms with Gasteiger partial charge in [-0.3, -0.25) is 4.98 Å². The minimum absolute atomic E-state index is 0.175. The molecule has 0 N–H and O–H groups in total. The van der Waals surface area contributed by atoms with Crippen LogP contribution in [0.4, 0.5) is 4.39 Å². The van der Waals surface area contributed by atoms with Gasteiger partial charge in [-0.1, -0.05) is 23.4 Å². The third kappa shape index (κ3) is 3.91. The summed E-state index contributed by atoms with van der Waals surface area (Å²) in [4.78, 5) is 9.46. The second-order valence-electron chi connectivity index (χ2n) is 5.62. The van der Waals surface area contributed by atoms with Gasteiger partial charge in [0, 0.05) is 18.0 Å². The van der Waals surface area contributed by atoms with E-state index in [1.54, 1.807) is 12.4 Å². The van der Waals surface area contributed by atoms with Crippen molar-refractivity contribution >= 4 is 5.71 Å². The van der Waals surface area contributed by atoms with E-state index >= 15 is 0 Å². The largest absolute Gasteiger partial charge is 0.391 e. The van der Waals surface area contributed by atoms with Crippen LogP contribution >= 0.6 is 0 Å². The molecule has 1 heterocycles. The summed E-state index contributed by atoms with van der Waals surface area (Å²) >= 11 is 0. The van der Waals surface area contributed by atoms with Crippen LogP contribution in [0.2, 0.25) is 0 Å². The topological polar surface area (TPSA) is 34.5 Å². The molecule has 1 saturated carbocycles. The lowest BCUT2D eigenvalue weighted by atomic mass is 9.83. The normalized spacial score (nSPS) is 18.0. The molecule has 0 atom stereocenters. The van der Waals surface area contributed by atoms with Gasteiger partial charge in [-0.25, -0.2) is 4.39 Å². The monoisotopic (exact) mass is 298 g/mol. The van der Waals surface area contributed by atoms with Gasteiger partial charge in [0.05, 0.1) is 5.71 Å². The van der Waals surface area contributed by atoms with Crippen LogP contribution in [0, 0.1) is 5.82 Å². The van der Waals surface area contributed by atoms with Crippen molar-refractivity contribution in [1.82, 2.24) is 4.98 Å². The molecule has 114 valence electrons. The lowest BCUT2D eigenvalue weighted by Gasteiger charge is -2.23. The number of hydrogen-bond acceptors (Lipinski definition) is 3. The summed E-state index contributed by atoms with van der Waals surface area (Å²) in [5.41, 5.74) is 3.35. The quantitative estimate of drug-likeness (QED) is 0.781. The van der Waals surface area contributed by atoms with E-state index in [2.05, 4.69) is 10.1 Å². The van der Waals surface area contributed by atoms with Gasteiger partial charge < -0.3 is 4.84 Å². The first-order chi connectivity index (χ1) is 10.8. The zero-order chi connectivity index (χ0) is 15.2. The first-order valence-electron chi connectivity index (χ1n) is 7.63. The standard InChI is InChI=1S/C18H19FN2O/c19-17-7-3-15(4-8-17)16-5-9-18(10-6-16)21-22-13-14-2-1-11-20-12-14/h1-4,7-8,11-12,16H,5-6,9-10,13H2. The van der Waals surface area contributed by atoms with Gasteiger partial charge >= 0.3 is 0 Å². The third-order valence-electron chi connectivity index (χ3n) is 4.05. The van der Waals surface area contributed by atoms with E-state index in [1.165, 1.54) is 17.7 Å². The number of benzene rings is 1. The predicted octanol–water partition coefficient (Wildman–Crippen LogP) is 4.45. The molecular formula is C18H19FN2O. The van der Waals surface area contributed by atoms with Crippen molar-refractivity contribution in [3.8, 4) is 0 Å². The molecular weight excluding hydrogens is 279 g/mol. The van der Waals surface area contributed by atoms with E-state index in [-0.39, 0.29) is 5.82 Å². The van der Waals surface area contributed by atoms with Crippen LogP contribution in [0.25, 0.3) is 0 Å². The van der Waals surface area contributed by atoms with Crippen molar-refractivity contribution in [2.45, 2.75) is 38.2 Å². The van der Waals surface area contributed by atoms with E-state index in [4.69, 9.17) is 4.84 Å². The number of halogens is 1. The minimum atomic E-state index is -0.175. The van der Waals surface area contributed by atoms with E-state index < -0.39 is 0 Å². The van der Waals surface area contributed by atoms with E-state index in [0.717, 1.165) is 37.0 Å². The molecule has 3 nitrogen and oxygen atoms in total. The fourth-order valence-corrected chi connectivity index (χ4v) is 2.79. The summed E-state index contributed by atoms with van der Waals surface area (Å²) in [6, 6.07) is 10.7. The van der Waals surface area contributed by atoms with Gasteiger partial charge in [0.1, 0.15) is 12.4 Å². The molecule has 3 rings (SSSR count). The Labute approximate surface area is 129 Å². The average Bonchev–Trinajstić information content (AvgIpc) is 2.57. The molecule has 1 aliphatic carbocycles. The Bertz CT molecular complexity index is 615. The highest BCUT2D eigenvalue weighted by atomic mass is 19.1. The van der Waals surface area contributed by atoms with Crippen molar-refractivity contribution < 1.29 is 9.23 Å². The first-order valence-corrected chi connectivity index (χ1v) is 7.63. The number of aromatic nitrogens is 1. The number of oxime groups is 1. The van der Waals surface area contributed by atoms with Crippen molar-refractivity contribution in [3.05, 3.63) is 65.7 Å². The molecule has 1 aromatic carbocycles. The molecule has 0 radical (unpaired) electrons. The van der Waals surface area contributed by atoms with Crippen LogP contribution in [-0.2, 0) is 11.4 Å². The summed E-state index contributed by atoms with van der Waals surface area (Å²) < 4.78 is 13.0. The number of nitrogens with zero attached hydrogens (tertiary/aromatic N) is 2. The molecule has 0 saturated heterocycles. The van der Waals surface area contributed by atoms with Crippen molar-refractivity contribution in [1.29, 1.82) is 0 Å². The average molecular weight is 298 g/mol. The molecule has 0 unspecified atom stereocenters. The smallest absolute Gasteiger partial charge is 0.143 e. The summed E-state index contributed by atoms with van der Waals surface area (Å²) in [7, 11) is 0. The Balaban J connectivity index is 1.49. The number of pyridine rings is 1. The highest BCUT2D eigenvalue weighted by Crippen LogP contribution is 2.31. The molecule has 1 aliphatic rings. The minimum Gasteiger partial charge on any atom is -0.391 e. The summed E-state index contributed by atoms with van der Waals surface area (Å²) in [6.45, 7) is 0.457. The molecule has 2 aromatic rings. The lowest BCUT2D eigenvalue weighted by Crippen LogP contribution is -2.13. The fourth-order valence-electron chi connectivity index (χ4n) is 2.79. The van der Waals surface area contributed by atoms with Gasteiger partial charge in [0.25, 0.3) is 0 Å². The van der Waals surface area contributed by atoms with Crippen LogP contribution in [-0.4, -0.2) is 10.7 Å². The van der Waals surface area contributed by atoms with Crippen LogP contribution in [0.5, 0.6) is 0 Å². The maximum atomic E-state index is 13.0. The maximum absolute atomic E-state index is 13.0. The van der Waals surface area contributed by atoms with Crippen LogP contribution in [0.15, 0.2) is 53.9 Å². The molecule has 1 aromatic heterocycles. The Morgan fingerprint density at radius 2 is 1.91 bits per heavy atom. The summed E-state index contributed by atoms with van der Waals surface area (Å²) in [5, 5.41) is 4.25. The van der Waals surface area contributed by atoms with E-state index in [9.17, 15) is 4.39 Å². The van der Waals surface area contributed by atoms with Gasteiger partial charge in [-0.2, -0.15) is 0 Å². The highest BCUT2D eigenvalue weighted by Gasteiger charge is 2.19. The Hall–Kier alpha value is -2.23. The van der Waals surface area contributed by atoms with Gasteiger partial charge in [0.15, 0.2) is 0 Å². The van der Waals surface area contributed by atoms with Crippen molar-refractivity contribution in [2.24, 2.45) is 5.16 Å². The van der Waals surface area contributed by atoms with E-state index in [1.807, 2.05) is 24.3 Å². The van der Waals surface area contributed by atoms with Crippen LogP contribution < -0.4 is 0 Å². The van der Waals surface area contributed by atoms with Gasteiger partial charge in [0.2, 0.25) is 0 Å². The molecule has 0 bridgehead atoms.